The third kappa shape index (κ3) is 7.17. The highest BCUT2D eigenvalue weighted by molar-refractivity contribution is 6.14. The molecule has 0 atom stereocenters. The van der Waals surface area contributed by atoms with Crippen molar-refractivity contribution in [1.29, 1.82) is 26.3 Å². The standard InChI is InChI=1S/C64H34N8/c65-34-40-3-11-44(12-4-40)48-19-23-54-55-24-20-49(45-13-5-41(35-66)6-14-45)29-60(55)71(59(54)28-48)63-32-53(38-69)58(52-2-1-27-70-39-52)33-64(63)72-61-30-50(46-15-7-42(36-67)8-16-46)21-25-56(61)57-26-22-51(31-62(57)72)47-17-9-43(37-68)10-18-47/h1-33,39H. The van der Waals surface area contributed by atoms with Crippen molar-refractivity contribution in [2.75, 3.05) is 0 Å². The van der Waals surface area contributed by atoms with E-state index in [0.717, 1.165) is 105 Å². The lowest BCUT2D eigenvalue weighted by Crippen LogP contribution is -2.06. The fraction of sp³-hybridized carbons (Fsp3) is 0. The van der Waals surface area contributed by atoms with E-state index in [1.54, 1.807) is 12.4 Å². The zero-order chi connectivity index (χ0) is 48.9. The molecule has 72 heavy (non-hydrogen) atoms. The van der Waals surface area contributed by atoms with Crippen LogP contribution in [0.25, 0.3) is 111 Å². The zero-order valence-electron chi connectivity index (χ0n) is 38.2. The summed E-state index contributed by atoms with van der Waals surface area (Å²) in [6.45, 7) is 0. The van der Waals surface area contributed by atoms with Crippen molar-refractivity contribution < 1.29 is 0 Å². The molecule has 0 saturated heterocycles. The normalized spacial score (nSPS) is 11.0. The maximum Gasteiger partial charge on any atom is 0.0999 e. The predicted molar refractivity (Wildman–Crippen MR) is 284 cm³/mol. The van der Waals surface area contributed by atoms with Gasteiger partial charge in [-0.2, -0.15) is 26.3 Å². The smallest absolute Gasteiger partial charge is 0.0999 e. The lowest BCUT2D eigenvalue weighted by molar-refractivity contribution is 1.09. The maximum atomic E-state index is 11.2. The molecule has 0 radical (unpaired) electrons. The van der Waals surface area contributed by atoms with Crippen molar-refractivity contribution in [2.24, 2.45) is 0 Å². The van der Waals surface area contributed by atoms with Crippen LogP contribution < -0.4 is 0 Å². The second kappa shape index (κ2) is 17.4. The Kier molecular flexibility index (Phi) is 10.3. The van der Waals surface area contributed by atoms with Gasteiger partial charge in [0, 0.05) is 45.1 Å². The minimum Gasteiger partial charge on any atom is -0.307 e. The second-order valence-electron chi connectivity index (χ2n) is 17.6. The lowest BCUT2D eigenvalue weighted by Gasteiger charge is -2.20. The van der Waals surface area contributed by atoms with Crippen molar-refractivity contribution in [2.45, 2.75) is 0 Å². The average molecular weight is 915 g/mol. The Morgan fingerprint density at radius 2 is 0.625 bits per heavy atom. The molecule has 3 aromatic heterocycles. The Balaban J connectivity index is 1.23. The van der Waals surface area contributed by atoms with Crippen LogP contribution in [0.15, 0.2) is 207 Å². The summed E-state index contributed by atoms with van der Waals surface area (Å²) in [6, 6.07) is 75.7. The summed E-state index contributed by atoms with van der Waals surface area (Å²) in [5.41, 5.74) is 17.1. The van der Waals surface area contributed by atoms with E-state index in [9.17, 15) is 26.3 Å². The third-order valence-corrected chi connectivity index (χ3v) is 13.6. The largest absolute Gasteiger partial charge is 0.307 e. The number of pyridine rings is 1. The van der Waals surface area contributed by atoms with E-state index in [0.29, 0.717) is 33.4 Å². The first-order valence-electron chi connectivity index (χ1n) is 23.1. The SMILES string of the molecule is N#Cc1ccc(-c2ccc3c4ccc(-c5ccc(C#N)cc5)cc4n(-c4cc(C#N)c(-c5cccnc5)cc4-n4c5cc(-c6ccc(C#N)cc6)ccc5c5ccc(-c6ccc(C#N)cc6)cc54)c3c2)cc1. The first-order valence-corrected chi connectivity index (χ1v) is 23.1. The molecule has 3 heterocycles. The molecule has 0 fully saturated rings. The molecule has 0 bridgehead atoms. The van der Waals surface area contributed by atoms with E-state index in [-0.39, 0.29) is 0 Å². The quantitative estimate of drug-likeness (QED) is 0.156. The summed E-state index contributed by atoms with van der Waals surface area (Å²) in [4.78, 5) is 4.50. The number of benzene rings is 9. The van der Waals surface area contributed by atoms with E-state index in [2.05, 4.69) is 123 Å². The first-order chi connectivity index (χ1) is 35.4. The predicted octanol–water partition coefficient (Wildman–Crippen LogP) is 15.0. The van der Waals surface area contributed by atoms with Gasteiger partial charge in [0.2, 0.25) is 0 Å². The number of aromatic nitrogens is 3. The molecule has 12 aromatic rings. The van der Waals surface area contributed by atoms with Crippen LogP contribution in [0, 0.1) is 56.7 Å². The molecular formula is C64H34N8. The van der Waals surface area contributed by atoms with Gasteiger partial charge in [0.15, 0.2) is 0 Å². The molecule has 0 aliphatic carbocycles. The molecule has 0 spiro atoms. The van der Waals surface area contributed by atoms with E-state index in [1.807, 2.05) is 115 Å². The van der Waals surface area contributed by atoms with Crippen LogP contribution in [0.5, 0.6) is 0 Å². The van der Waals surface area contributed by atoms with Gasteiger partial charge < -0.3 is 9.13 Å². The second-order valence-corrected chi connectivity index (χ2v) is 17.6. The zero-order valence-corrected chi connectivity index (χ0v) is 38.2. The topological polar surface area (TPSA) is 142 Å². The third-order valence-electron chi connectivity index (χ3n) is 13.6. The number of hydrogen-bond acceptors (Lipinski definition) is 6. The summed E-state index contributed by atoms with van der Waals surface area (Å²) in [6.07, 6.45) is 3.51. The van der Waals surface area contributed by atoms with Crippen molar-refractivity contribution >= 4 is 43.6 Å². The van der Waals surface area contributed by atoms with Crippen LogP contribution in [0.1, 0.15) is 27.8 Å². The maximum absolute atomic E-state index is 11.2. The molecule has 12 rings (SSSR count). The van der Waals surface area contributed by atoms with Crippen LogP contribution in [-0.2, 0) is 0 Å². The monoisotopic (exact) mass is 914 g/mol. The molecule has 9 aromatic carbocycles. The molecule has 0 saturated carbocycles. The van der Waals surface area contributed by atoms with Crippen molar-refractivity contribution in [3.05, 3.63) is 234 Å². The van der Waals surface area contributed by atoms with Crippen molar-refractivity contribution in [1.82, 2.24) is 14.1 Å². The van der Waals surface area contributed by atoms with Crippen LogP contribution in [-0.4, -0.2) is 14.1 Å². The van der Waals surface area contributed by atoms with Crippen LogP contribution in [0.3, 0.4) is 0 Å². The van der Waals surface area contributed by atoms with E-state index < -0.39 is 0 Å². The number of rotatable bonds is 7. The van der Waals surface area contributed by atoms with Gasteiger partial charge >= 0.3 is 0 Å². The Morgan fingerprint density at radius 3 is 0.917 bits per heavy atom. The van der Waals surface area contributed by atoms with Gasteiger partial charge in [0.25, 0.3) is 0 Å². The van der Waals surface area contributed by atoms with E-state index in [4.69, 9.17) is 0 Å². The molecule has 0 N–H and O–H groups in total. The van der Waals surface area contributed by atoms with E-state index >= 15 is 0 Å². The summed E-state index contributed by atoms with van der Waals surface area (Å²) in [5, 5.41) is 53.9. The van der Waals surface area contributed by atoms with Gasteiger partial charge in [-0.15, -0.1) is 0 Å². The minimum atomic E-state index is 0.459. The number of nitriles is 5. The van der Waals surface area contributed by atoms with Crippen LogP contribution in [0.2, 0.25) is 0 Å². The van der Waals surface area contributed by atoms with Crippen LogP contribution >= 0.6 is 0 Å². The van der Waals surface area contributed by atoms with Gasteiger partial charge in [-0.25, -0.2) is 0 Å². The Labute approximate surface area is 413 Å². The molecule has 8 nitrogen and oxygen atoms in total. The minimum absolute atomic E-state index is 0.459. The molecule has 0 aliphatic rings. The Bertz CT molecular complexity index is 4160. The van der Waals surface area contributed by atoms with Crippen molar-refractivity contribution in [3.8, 4) is 97.4 Å². The number of nitrogens with zero attached hydrogens (tertiary/aromatic N) is 8. The first kappa shape index (κ1) is 42.5. The Morgan fingerprint density at radius 1 is 0.306 bits per heavy atom. The fourth-order valence-electron chi connectivity index (χ4n) is 10.0. The summed E-state index contributed by atoms with van der Waals surface area (Å²) in [7, 11) is 0. The number of hydrogen-bond donors (Lipinski definition) is 0. The lowest BCUT2D eigenvalue weighted by atomic mass is 9.99. The summed E-state index contributed by atoms with van der Waals surface area (Å²) < 4.78 is 4.56. The van der Waals surface area contributed by atoms with Gasteiger partial charge in [-0.05, 0) is 136 Å². The highest BCUT2D eigenvalue weighted by Crippen LogP contribution is 2.44. The number of fused-ring (bicyclic) bond motifs is 6. The van der Waals surface area contributed by atoms with Gasteiger partial charge in [-0.1, -0.05) is 103 Å². The van der Waals surface area contributed by atoms with Crippen LogP contribution in [0.4, 0.5) is 0 Å². The molecular weight excluding hydrogens is 881 g/mol. The summed E-state index contributed by atoms with van der Waals surface area (Å²) >= 11 is 0. The fourth-order valence-corrected chi connectivity index (χ4v) is 10.0. The molecule has 330 valence electrons. The molecule has 0 unspecified atom stereocenters. The highest BCUT2D eigenvalue weighted by Gasteiger charge is 2.24. The molecule has 0 aliphatic heterocycles. The van der Waals surface area contributed by atoms with Gasteiger partial charge in [0.05, 0.1) is 91.6 Å². The Hall–Kier alpha value is -10.8. The van der Waals surface area contributed by atoms with Gasteiger partial charge in [0.1, 0.15) is 0 Å². The van der Waals surface area contributed by atoms with E-state index in [1.165, 1.54) is 0 Å². The molecule has 8 heteroatoms. The highest BCUT2D eigenvalue weighted by atomic mass is 15.1. The summed E-state index contributed by atoms with van der Waals surface area (Å²) in [5.74, 6) is 0. The van der Waals surface area contributed by atoms with Crippen molar-refractivity contribution in [3.63, 3.8) is 0 Å². The van der Waals surface area contributed by atoms with Gasteiger partial charge in [-0.3, -0.25) is 4.98 Å². The molecule has 0 amide bonds. The average Bonchev–Trinajstić information content (AvgIpc) is 3.96.